The maximum Gasteiger partial charge on any atom is 0.172 e. The number of hydrogen-bond donors (Lipinski definition) is 1. The molecule has 2 atom stereocenters. The van der Waals surface area contributed by atoms with Crippen LogP contribution in [-0.2, 0) is 9.53 Å². The number of carboxylic acid groups (broad SMARTS) is 1. The van der Waals surface area contributed by atoms with E-state index in [0.717, 1.165) is 11.6 Å². The molecule has 0 saturated carbocycles. The normalized spacial score (nSPS) is 24.4. The molecule has 1 N–H and O–H groups in total. The van der Waals surface area contributed by atoms with E-state index in [4.69, 9.17) is 4.74 Å². The van der Waals surface area contributed by atoms with E-state index in [0.29, 0.717) is 5.70 Å². The van der Waals surface area contributed by atoms with E-state index in [9.17, 15) is 9.90 Å². The van der Waals surface area contributed by atoms with Crippen LogP contribution in [0.25, 0.3) is 0 Å². The van der Waals surface area contributed by atoms with E-state index in [2.05, 4.69) is 0 Å². The summed E-state index contributed by atoms with van der Waals surface area (Å²) in [5.41, 5.74) is 0.699. The molecule has 0 spiro atoms. The maximum atomic E-state index is 10.7. The highest BCUT2D eigenvalue weighted by atomic mass is 16.5. The smallest absolute Gasteiger partial charge is 0.172 e. The SMILES string of the molecule is COC(C(=O)[O-])C1=CN(C)C[NH+]1C. The molecule has 5 nitrogen and oxygen atoms in total. The molecule has 0 aliphatic carbocycles. The van der Waals surface area contributed by atoms with Crippen molar-refractivity contribution in [2.45, 2.75) is 6.10 Å². The van der Waals surface area contributed by atoms with Gasteiger partial charge in [0.25, 0.3) is 0 Å². The quantitative estimate of drug-likeness (QED) is 0.511. The molecule has 1 aliphatic heterocycles. The van der Waals surface area contributed by atoms with Gasteiger partial charge in [-0.3, -0.25) is 4.90 Å². The molecule has 0 aromatic heterocycles. The fraction of sp³-hybridized carbons (Fsp3) is 0.625. The number of likely N-dealkylation sites (N-methyl/N-ethyl adjacent to an activating group) is 1. The van der Waals surface area contributed by atoms with Crippen LogP contribution in [0, 0.1) is 0 Å². The molecular formula is C8H14N2O3. The number of aliphatic carboxylic acids is 1. The number of rotatable bonds is 3. The summed E-state index contributed by atoms with van der Waals surface area (Å²) in [4.78, 5) is 13.6. The van der Waals surface area contributed by atoms with Crippen LogP contribution < -0.4 is 10.0 Å². The molecule has 0 aromatic carbocycles. The second kappa shape index (κ2) is 3.76. The maximum absolute atomic E-state index is 10.7. The Morgan fingerprint density at radius 3 is 2.77 bits per heavy atom. The van der Waals surface area contributed by atoms with Crippen LogP contribution in [0.2, 0.25) is 0 Å². The minimum Gasteiger partial charge on any atom is -0.547 e. The Morgan fingerprint density at radius 2 is 2.46 bits per heavy atom. The van der Waals surface area contributed by atoms with Gasteiger partial charge in [0.2, 0.25) is 0 Å². The first-order valence-electron chi connectivity index (χ1n) is 4.04. The van der Waals surface area contributed by atoms with E-state index in [1.165, 1.54) is 7.11 Å². The average Bonchev–Trinajstić information content (AvgIpc) is 2.31. The number of hydrogen-bond acceptors (Lipinski definition) is 4. The average molecular weight is 186 g/mol. The first-order valence-corrected chi connectivity index (χ1v) is 4.04. The van der Waals surface area contributed by atoms with E-state index in [-0.39, 0.29) is 0 Å². The highest BCUT2D eigenvalue weighted by molar-refractivity contribution is 5.73. The molecule has 5 heteroatoms. The molecular weight excluding hydrogens is 172 g/mol. The lowest BCUT2D eigenvalue weighted by Crippen LogP contribution is -3.07. The van der Waals surface area contributed by atoms with Crippen LogP contribution in [0.1, 0.15) is 0 Å². The van der Waals surface area contributed by atoms with Crippen molar-refractivity contribution in [3.63, 3.8) is 0 Å². The Morgan fingerprint density at radius 1 is 1.85 bits per heavy atom. The molecule has 0 amide bonds. The predicted molar refractivity (Wildman–Crippen MR) is 43.4 cm³/mol. The van der Waals surface area contributed by atoms with E-state index in [1.54, 1.807) is 6.20 Å². The van der Waals surface area contributed by atoms with Crippen molar-refractivity contribution in [2.75, 3.05) is 27.9 Å². The summed E-state index contributed by atoms with van der Waals surface area (Å²) in [6, 6.07) is 0. The first kappa shape index (κ1) is 10.0. The molecule has 0 bridgehead atoms. The minimum absolute atomic E-state index is 0.699. The van der Waals surface area contributed by atoms with E-state index in [1.807, 2.05) is 19.0 Å². The third kappa shape index (κ3) is 1.99. The summed E-state index contributed by atoms with van der Waals surface area (Å²) in [6.07, 6.45) is 0.837. The van der Waals surface area contributed by atoms with Gasteiger partial charge in [-0.1, -0.05) is 0 Å². The molecule has 0 aromatic rings. The van der Waals surface area contributed by atoms with Crippen LogP contribution in [0.5, 0.6) is 0 Å². The largest absolute Gasteiger partial charge is 0.547 e. The Kier molecular flexibility index (Phi) is 2.90. The summed E-state index contributed by atoms with van der Waals surface area (Å²) < 4.78 is 4.84. The molecule has 0 radical (unpaired) electrons. The Balaban J connectivity index is 2.79. The number of methoxy groups -OCH3 is 1. The monoisotopic (exact) mass is 186 g/mol. The lowest BCUT2D eigenvalue weighted by atomic mass is 10.2. The van der Waals surface area contributed by atoms with Crippen molar-refractivity contribution >= 4 is 5.97 Å². The molecule has 74 valence electrons. The summed E-state index contributed by atoms with van der Waals surface area (Å²) in [7, 11) is 5.15. The van der Waals surface area contributed by atoms with Gasteiger partial charge in [-0.25, -0.2) is 0 Å². The fourth-order valence-electron chi connectivity index (χ4n) is 1.50. The number of nitrogens with zero attached hydrogens (tertiary/aromatic N) is 1. The lowest BCUT2D eigenvalue weighted by Gasteiger charge is -2.19. The van der Waals surface area contributed by atoms with Crippen molar-refractivity contribution in [2.24, 2.45) is 0 Å². The number of quaternary nitrogens is 1. The number of carbonyl (C=O) groups excluding carboxylic acids is 1. The third-order valence-electron chi connectivity index (χ3n) is 2.07. The highest BCUT2D eigenvalue weighted by Crippen LogP contribution is 2.03. The Labute approximate surface area is 77.2 Å². The van der Waals surface area contributed by atoms with Gasteiger partial charge in [0.05, 0.1) is 19.2 Å². The minimum atomic E-state index is -1.19. The Bertz CT molecular complexity index is 240. The van der Waals surface area contributed by atoms with Crippen LogP contribution in [0.3, 0.4) is 0 Å². The van der Waals surface area contributed by atoms with Gasteiger partial charge >= 0.3 is 0 Å². The van der Waals surface area contributed by atoms with Gasteiger partial charge in [0, 0.05) is 14.2 Å². The second-order valence-electron chi connectivity index (χ2n) is 3.21. The van der Waals surface area contributed by atoms with Crippen LogP contribution in [0.4, 0.5) is 0 Å². The first-order chi connectivity index (χ1) is 6.06. The van der Waals surface area contributed by atoms with E-state index < -0.39 is 12.1 Å². The molecule has 2 unspecified atom stereocenters. The highest BCUT2D eigenvalue weighted by Gasteiger charge is 2.28. The van der Waals surface area contributed by atoms with E-state index >= 15 is 0 Å². The standard InChI is InChI=1S/C8H14N2O3/c1-9-4-6(10(2)5-9)7(13-3)8(11)12/h4,7H,5H2,1-3H3,(H,11,12). The number of carbonyl (C=O) groups is 1. The van der Waals surface area contributed by atoms with Gasteiger partial charge < -0.3 is 19.5 Å². The van der Waals surface area contributed by atoms with Crippen LogP contribution in [-0.4, -0.2) is 44.8 Å². The summed E-state index contributed by atoms with van der Waals surface area (Å²) in [6.45, 7) is 0.752. The van der Waals surface area contributed by atoms with Crippen molar-refractivity contribution < 1.29 is 19.5 Å². The predicted octanol–water partition coefficient (Wildman–Crippen LogP) is -2.99. The Hall–Kier alpha value is -1.07. The van der Waals surface area contributed by atoms with Gasteiger partial charge in [-0.15, -0.1) is 0 Å². The fourth-order valence-corrected chi connectivity index (χ4v) is 1.50. The number of carboxylic acids is 1. The topological polar surface area (TPSA) is 57.0 Å². The molecule has 1 rings (SSSR count). The van der Waals surface area contributed by atoms with Crippen molar-refractivity contribution in [1.29, 1.82) is 0 Å². The van der Waals surface area contributed by atoms with Crippen molar-refractivity contribution in [1.82, 2.24) is 4.90 Å². The summed E-state index contributed by atoms with van der Waals surface area (Å²) in [5, 5.41) is 10.7. The summed E-state index contributed by atoms with van der Waals surface area (Å²) in [5.74, 6) is -1.19. The van der Waals surface area contributed by atoms with Gasteiger partial charge in [0.1, 0.15) is 0 Å². The van der Waals surface area contributed by atoms with Gasteiger partial charge in [0.15, 0.2) is 18.5 Å². The molecule has 1 heterocycles. The zero-order valence-corrected chi connectivity index (χ0v) is 8.03. The molecule has 0 fully saturated rings. The molecule has 13 heavy (non-hydrogen) atoms. The summed E-state index contributed by atoms with van der Waals surface area (Å²) >= 11 is 0. The zero-order valence-electron chi connectivity index (χ0n) is 8.03. The van der Waals surface area contributed by atoms with Crippen LogP contribution >= 0.6 is 0 Å². The molecule has 1 aliphatic rings. The van der Waals surface area contributed by atoms with Gasteiger partial charge in [-0.2, -0.15) is 0 Å². The van der Waals surface area contributed by atoms with Crippen molar-refractivity contribution in [3.8, 4) is 0 Å². The molecule has 0 saturated heterocycles. The third-order valence-corrected chi connectivity index (χ3v) is 2.07. The van der Waals surface area contributed by atoms with Crippen molar-refractivity contribution in [3.05, 3.63) is 11.9 Å². The lowest BCUT2D eigenvalue weighted by molar-refractivity contribution is -0.843. The van der Waals surface area contributed by atoms with Crippen LogP contribution in [0.15, 0.2) is 11.9 Å². The second-order valence-corrected chi connectivity index (χ2v) is 3.21. The van der Waals surface area contributed by atoms with Gasteiger partial charge in [-0.05, 0) is 0 Å². The number of nitrogens with one attached hydrogen (secondary N) is 1. The number of ether oxygens (including phenoxy) is 1. The zero-order chi connectivity index (χ0) is 10.0.